The molecular weight excluding hydrogens is 338 g/mol. The Balaban J connectivity index is 1.60. The Morgan fingerprint density at radius 1 is 1.32 bits per heavy atom. The van der Waals surface area contributed by atoms with Gasteiger partial charge in [0.05, 0.1) is 24.6 Å². The summed E-state index contributed by atoms with van der Waals surface area (Å²) in [5, 5.41) is 1.05. The van der Waals surface area contributed by atoms with Gasteiger partial charge in [-0.3, -0.25) is 9.69 Å². The van der Waals surface area contributed by atoms with Crippen LogP contribution in [0.5, 0.6) is 5.75 Å². The van der Waals surface area contributed by atoms with E-state index < -0.39 is 0 Å². The fraction of sp³-hybridized carbons (Fsp3) is 0.263. The van der Waals surface area contributed by atoms with E-state index in [1.54, 1.807) is 25.3 Å². The molecule has 0 unspecified atom stereocenters. The van der Waals surface area contributed by atoms with E-state index >= 15 is 0 Å². The first-order valence-electron chi connectivity index (χ1n) is 8.19. The molecule has 0 aliphatic carbocycles. The lowest BCUT2D eigenvalue weighted by atomic mass is 9.98. The van der Waals surface area contributed by atoms with Gasteiger partial charge in [-0.25, -0.2) is 4.98 Å². The Bertz CT molecular complexity index is 1000. The molecule has 0 radical (unpaired) electrons. The number of halogens is 1. The van der Waals surface area contributed by atoms with Gasteiger partial charge in [0, 0.05) is 18.1 Å². The number of aromatic nitrogens is 2. The molecule has 2 aromatic carbocycles. The van der Waals surface area contributed by atoms with Crippen LogP contribution < -0.4 is 10.3 Å². The first-order valence-corrected chi connectivity index (χ1v) is 8.57. The van der Waals surface area contributed by atoms with Gasteiger partial charge in [-0.05, 0) is 41.8 Å². The van der Waals surface area contributed by atoms with E-state index in [0.717, 1.165) is 25.3 Å². The van der Waals surface area contributed by atoms with Crippen molar-refractivity contribution in [2.24, 2.45) is 0 Å². The van der Waals surface area contributed by atoms with Crippen molar-refractivity contribution in [3.05, 3.63) is 68.7 Å². The number of ether oxygens (including phenoxy) is 1. The molecule has 0 fully saturated rings. The van der Waals surface area contributed by atoms with E-state index in [1.165, 1.54) is 11.1 Å². The van der Waals surface area contributed by atoms with Crippen molar-refractivity contribution in [2.45, 2.75) is 19.5 Å². The number of fused-ring (bicyclic) bond motifs is 2. The van der Waals surface area contributed by atoms with Gasteiger partial charge in [-0.2, -0.15) is 0 Å². The van der Waals surface area contributed by atoms with Gasteiger partial charge in [0.1, 0.15) is 11.6 Å². The number of hydrogen-bond donors (Lipinski definition) is 1. The van der Waals surface area contributed by atoms with Crippen molar-refractivity contribution < 1.29 is 4.74 Å². The van der Waals surface area contributed by atoms with Crippen molar-refractivity contribution in [3.8, 4) is 5.75 Å². The van der Waals surface area contributed by atoms with Crippen LogP contribution in [-0.2, 0) is 19.5 Å². The highest BCUT2D eigenvalue weighted by molar-refractivity contribution is 6.31. The number of rotatable bonds is 3. The average Bonchev–Trinajstić information content (AvgIpc) is 2.61. The van der Waals surface area contributed by atoms with Gasteiger partial charge < -0.3 is 9.72 Å². The molecule has 6 heteroatoms. The van der Waals surface area contributed by atoms with Gasteiger partial charge in [-0.15, -0.1) is 0 Å². The van der Waals surface area contributed by atoms with Gasteiger partial charge in [0.2, 0.25) is 0 Å². The summed E-state index contributed by atoms with van der Waals surface area (Å²) in [5.74, 6) is 1.62. The van der Waals surface area contributed by atoms with Crippen molar-refractivity contribution in [1.82, 2.24) is 14.9 Å². The minimum absolute atomic E-state index is 0.151. The molecule has 128 valence electrons. The normalized spacial score (nSPS) is 14.5. The molecule has 3 aromatic rings. The molecule has 1 aliphatic rings. The third-order valence-electron chi connectivity index (χ3n) is 4.61. The van der Waals surface area contributed by atoms with Crippen LogP contribution in [0.2, 0.25) is 5.02 Å². The van der Waals surface area contributed by atoms with E-state index in [9.17, 15) is 4.79 Å². The second kappa shape index (κ2) is 6.50. The second-order valence-electron chi connectivity index (χ2n) is 6.23. The third-order valence-corrected chi connectivity index (χ3v) is 4.85. The van der Waals surface area contributed by atoms with Crippen molar-refractivity contribution in [1.29, 1.82) is 0 Å². The highest BCUT2D eigenvalue weighted by atomic mass is 35.5. The van der Waals surface area contributed by atoms with Crippen molar-refractivity contribution in [3.63, 3.8) is 0 Å². The number of H-pyrrole nitrogens is 1. The third kappa shape index (κ3) is 3.13. The van der Waals surface area contributed by atoms with Crippen LogP contribution in [0.1, 0.15) is 17.0 Å². The summed E-state index contributed by atoms with van der Waals surface area (Å²) in [4.78, 5) is 22.0. The maximum absolute atomic E-state index is 12.3. The average molecular weight is 356 g/mol. The summed E-state index contributed by atoms with van der Waals surface area (Å²) in [6, 6.07) is 11.3. The molecule has 1 N–H and O–H groups in total. The standard InChI is InChI=1S/C19H18ClN3O2/c1-25-17-4-2-3-12-10-23(8-7-14(12)17)11-18-21-16-6-5-13(20)9-15(16)19(24)22-18/h2-6,9H,7-8,10-11H2,1H3,(H,21,22,24). The smallest absolute Gasteiger partial charge is 0.258 e. The summed E-state index contributed by atoms with van der Waals surface area (Å²) < 4.78 is 5.45. The lowest BCUT2D eigenvalue weighted by Crippen LogP contribution is -2.31. The van der Waals surface area contributed by atoms with Crippen molar-refractivity contribution >= 4 is 22.5 Å². The molecule has 5 nitrogen and oxygen atoms in total. The zero-order chi connectivity index (χ0) is 17.4. The van der Waals surface area contributed by atoms with E-state index in [1.807, 2.05) is 12.1 Å². The van der Waals surface area contributed by atoms with E-state index in [0.29, 0.717) is 28.3 Å². The lowest BCUT2D eigenvalue weighted by molar-refractivity contribution is 0.237. The number of aromatic amines is 1. The summed E-state index contributed by atoms with van der Waals surface area (Å²) in [6.07, 6.45) is 0.923. The number of nitrogens with one attached hydrogen (secondary N) is 1. The van der Waals surface area contributed by atoms with Crippen LogP contribution in [-0.4, -0.2) is 28.5 Å². The Kier molecular flexibility index (Phi) is 4.19. The highest BCUT2D eigenvalue weighted by Crippen LogP contribution is 2.28. The van der Waals surface area contributed by atoms with Crippen LogP contribution in [0.4, 0.5) is 0 Å². The molecule has 0 atom stereocenters. The maximum Gasteiger partial charge on any atom is 0.258 e. The van der Waals surface area contributed by atoms with Crippen LogP contribution >= 0.6 is 11.6 Å². The van der Waals surface area contributed by atoms with E-state index in [2.05, 4.69) is 20.9 Å². The first kappa shape index (κ1) is 16.1. The highest BCUT2D eigenvalue weighted by Gasteiger charge is 2.20. The van der Waals surface area contributed by atoms with Gasteiger partial charge in [-0.1, -0.05) is 23.7 Å². The molecule has 0 saturated heterocycles. The van der Waals surface area contributed by atoms with E-state index in [4.69, 9.17) is 16.3 Å². The molecule has 0 spiro atoms. The molecule has 0 amide bonds. The molecule has 4 rings (SSSR count). The minimum Gasteiger partial charge on any atom is -0.496 e. The molecule has 0 bridgehead atoms. The minimum atomic E-state index is -0.151. The second-order valence-corrected chi connectivity index (χ2v) is 6.67. The van der Waals surface area contributed by atoms with Crippen LogP contribution in [0, 0.1) is 0 Å². The summed E-state index contributed by atoms with van der Waals surface area (Å²) in [5.41, 5.74) is 3.06. The zero-order valence-corrected chi connectivity index (χ0v) is 14.6. The van der Waals surface area contributed by atoms with E-state index in [-0.39, 0.29) is 5.56 Å². The molecule has 25 heavy (non-hydrogen) atoms. The number of benzene rings is 2. The predicted molar refractivity (Wildman–Crippen MR) is 98.2 cm³/mol. The van der Waals surface area contributed by atoms with Crippen LogP contribution in [0.25, 0.3) is 10.9 Å². The summed E-state index contributed by atoms with van der Waals surface area (Å²) in [6.45, 7) is 2.31. The fourth-order valence-electron chi connectivity index (χ4n) is 3.41. The largest absolute Gasteiger partial charge is 0.496 e. The quantitative estimate of drug-likeness (QED) is 0.784. The number of hydrogen-bond acceptors (Lipinski definition) is 4. The maximum atomic E-state index is 12.3. The van der Waals surface area contributed by atoms with Gasteiger partial charge in [0.25, 0.3) is 5.56 Å². The molecular formula is C19H18ClN3O2. The Morgan fingerprint density at radius 3 is 3.04 bits per heavy atom. The summed E-state index contributed by atoms with van der Waals surface area (Å²) in [7, 11) is 1.71. The summed E-state index contributed by atoms with van der Waals surface area (Å²) >= 11 is 5.96. The monoisotopic (exact) mass is 355 g/mol. The van der Waals surface area contributed by atoms with Crippen molar-refractivity contribution in [2.75, 3.05) is 13.7 Å². The molecule has 2 heterocycles. The molecule has 1 aliphatic heterocycles. The fourth-order valence-corrected chi connectivity index (χ4v) is 3.58. The lowest BCUT2D eigenvalue weighted by Gasteiger charge is -2.29. The number of methoxy groups -OCH3 is 1. The Hall–Kier alpha value is -2.37. The van der Waals surface area contributed by atoms with Crippen LogP contribution in [0.15, 0.2) is 41.2 Å². The SMILES string of the molecule is COc1cccc2c1CCN(Cc1nc3ccc(Cl)cc3c(=O)[nH]1)C2. The first-order chi connectivity index (χ1) is 12.1. The molecule has 1 aromatic heterocycles. The van der Waals surface area contributed by atoms with Crippen LogP contribution in [0.3, 0.4) is 0 Å². The number of nitrogens with zero attached hydrogens (tertiary/aromatic N) is 2. The van der Waals surface area contributed by atoms with Gasteiger partial charge >= 0.3 is 0 Å². The Morgan fingerprint density at radius 2 is 2.20 bits per heavy atom. The Labute approximate surface area is 150 Å². The topological polar surface area (TPSA) is 58.2 Å². The predicted octanol–water partition coefficient (Wildman–Crippen LogP) is 3.14. The van der Waals surface area contributed by atoms with Gasteiger partial charge in [0.15, 0.2) is 0 Å². The zero-order valence-electron chi connectivity index (χ0n) is 13.9. The molecule has 0 saturated carbocycles.